The number of carbonyl (C=O) groups excluding carboxylic acids is 1. The summed E-state index contributed by atoms with van der Waals surface area (Å²) in [6.45, 7) is 2.15. The number of rotatable bonds is 6. The summed E-state index contributed by atoms with van der Waals surface area (Å²) in [4.78, 5) is 13.9. The topological polar surface area (TPSA) is 43.1 Å². The molecule has 2 aromatic carbocycles. The molecule has 1 aliphatic rings. The molecule has 0 amide bonds. The molecule has 3 aromatic rings. The zero-order chi connectivity index (χ0) is 18.1. The zero-order valence-corrected chi connectivity index (χ0v) is 15.8. The fourth-order valence-electron chi connectivity index (χ4n) is 3.37. The van der Waals surface area contributed by atoms with Crippen LogP contribution in [0.5, 0.6) is 0 Å². The minimum absolute atomic E-state index is 0.150. The van der Waals surface area contributed by atoms with Crippen molar-refractivity contribution >= 4 is 17.5 Å². The number of hydrogen-bond acceptors (Lipinski definition) is 4. The molecular formula is C22H21NO2S. The number of nitrogens with zero attached hydrogens (tertiary/aromatic N) is 1. The molecule has 1 aromatic heterocycles. The smallest absolute Gasteiger partial charge is 0.177 e. The van der Waals surface area contributed by atoms with E-state index in [9.17, 15) is 4.79 Å². The van der Waals surface area contributed by atoms with E-state index >= 15 is 0 Å². The summed E-state index contributed by atoms with van der Waals surface area (Å²) in [5.74, 6) is 0.930. The van der Waals surface area contributed by atoms with Crippen LogP contribution in [0.15, 0.2) is 58.1 Å². The first-order valence-corrected chi connectivity index (χ1v) is 10.1. The van der Waals surface area contributed by atoms with Gasteiger partial charge < -0.3 is 4.52 Å². The van der Waals surface area contributed by atoms with Gasteiger partial charge in [-0.15, -0.1) is 11.8 Å². The molecule has 1 saturated carbocycles. The molecule has 1 fully saturated rings. The molecule has 0 spiro atoms. The second kappa shape index (κ2) is 7.12. The first-order chi connectivity index (χ1) is 12.7. The van der Waals surface area contributed by atoms with Gasteiger partial charge >= 0.3 is 0 Å². The lowest BCUT2D eigenvalue weighted by atomic mass is 9.92. The van der Waals surface area contributed by atoms with Gasteiger partial charge in [0.2, 0.25) is 0 Å². The third-order valence-electron chi connectivity index (χ3n) is 5.02. The molecule has 0 saturated heterocycles. The Bertz CT molecular complexity index is 942. The molecule has 1 aliphatic carbocycles. The number of Topliss-reactive ketones (excluding diaryl/α,β-unsaturated/α-hetero) is 1. The first kappa shape index (κ1) is 17.1. The van der Waals surface area contributed by atoms with Gasteiger partial charge in [0.1, 0.15) is 0 Å². The molecule has 3 nitrogen and oxygen atoms in total. The van der Waals surface area contributed by atoms with Crippen LogP contribution in [0.3, 0.4) is 0 Å². The van der Waals surface area contributed by atoms with Crippen molar-refractivity contribution < 1.29 is 9.32 Å². The summed E-state index contributed by atoms with van der Waals surface area (Å²) in [6.07, 6.45) is 6.43. The van der Waals surface area contributed by atoms with Crippen LogP contribution >= 0.6 is 11.8 Å². The van der Waals surface area contributed by atoms with E-state index in [0.717, 1.165) is 24.8 Å². The molecule has 0 bridgehead atoms. The molecule has 0 radical (unpaired) electrons. The third kappa shape index (κ3) is 3.21. The van der Waals surface area contributed by atoms with Crippen molar-refractivity contribution in [3.05, 3.63) is 70.9 Å². The van der Waals surface area contributed by atoms with Crippen molar-refractivity contribution in [1.82, 2.24) is 5.16 Å². The van der Waals surface area contributed by atoms with Crippen molar-refractivity contribution in [3.63, 3.8) is 0 Å². The van der Waals surface area contributed by atoms with Crippen LogP contribution in [-0.4, -0.2) is 17.2 Å². The normalized spacial score (nSPS) is 13.8. The summed E-state index contributed by atoms with van der Waals surface area (Å²) in [7, 11) is 0. The SMILES string of the molecule is CSc1ccc(-c2oncc2C(=O)C2CC2)c(Cc2ccccc2)c1C. The molecule has 26 heavy (non-hydrogen) atoms. The van der Waals surface area contributed by atoms with E-state index in [4.69, 9.17) is 4.52 Å². The van der Waals surface area contributed by atoms with Crippen molar-refractivity contribution in [2.24, 2.45) is 5.92 Å². The summed E-state index contributed by atoms with van der Waals surface area (Å²) in [6, 6.07) is 14.6. The predicted molar refractivity (Wildman–Crippen MR) is 105 cm³/mol. The summed E-state index contributed by atoms with van der Waals surface area (Å²) in [5, 5.41) is 3.95. The highest BCUT2D eigenvalue weighted by molar-refractivity contribution is 7.98. The van der Waals surface area contributed by atoms with E-state index in [-0.39, 0.29) is 11.7 Å². The molecule has 0 aliphatic heterocycles. The fourth-order valence-corrected chi connectivity index (χ4v) is 4.01. The number of aromatic nitrogens is 1. The van der Waals surface area contributed by atoms with E-state index in [1.165, 1.54) is 21.6 Å². The zero-order valence-electron chi connectivity index (χ0n) is 15.0. The Balaban J connectivity index is 1.82. The van der Waals surface area contributed by atoms with E-state index in [1.807, 2.05) is 6.07 Å². The van der Waals surface area contributed by atoms with Crippen molar-refractivity contribution in [2.75, 3.05) is 6.26 Å². The van der Waals surface area contributed by atoms with E-state index in [2.05, 4.69) is 54.7 Å². The Morgan fingerprint density at radius 3 is 2.65 bits per heavy atom. The maximum absolute atomic E-state index is 12.6. The molecule has 0 atom stereocenters. The number of thioether (sulfide) groups is 1. The van der Waals surface area contributed by atoms with Gasteiger partial charge in [0, 0.05) is 16.4 Å². The predicted octanol–water partition coefficient (Wildman–Crippen LogP) is 5.56. The Hall–Kier alpha value is -2.33. The van der Waals surface area contributed by atoms with Gasteiger partial charge in [-0.1, -0.05) is 35.5 Å². The number of benzene rings is 2. The molecule has 1 heterocycles. The molecule has 0 unspecified atom stereocenters. The largest absolute Gasteiger partial charge is 0.356 e. The second-order valence-corrected chi connectivity index (χ2v) is 7.64. The summed E-state index contributed by atoms with van der Waals surface area (Å²) < 4.78 is 5.58. The Labute approximate surface area is 157 Å². The lowest BCUT2D eigenvalue weighted by Gasteiger charge is -2.15. The second-order valence-electron chi connectivity index (χ2n) is 6.79. The van der Waals surface area contributed by atoms with E-state index < -0.39 is 0 Å². The van der Waals surface area contributed by atoms with Crippen LogP contribution in [0.4, 0.5) is 0 Å². The average Bonchev–Trinajstić information content (AvgIpc) is 3.41. The number of hydrogen-bond donors (Lipinski definition) is 0. The van der Waals surface area contributed by atoms with Gasteiger partial charge in [-0.05, 0) is 61.3 Å². The van der Waals surface area contributed by atoms with Gasteiger partial charge in [-0.3, -0.25) is 4.79 Å². The number of ketones is 1. The van der Waals surface area contributed by atoms with Gasteiger partial charge in [-0.25, -0.2) is 0 Å². The highest BCUT2D eigenvalue weighted by Gasteiger charge is 2.34. The van der Waals surface area contributed by atoms with E-state index in [1.54, 1.807) is 18.0 Å². The monoisotopic (exact) mass is 363 g/mol. The van der Waals surface area contributed by atoms with Crippen molar-refractivity contribution in [2.45, 2.75) is 31.1 Å². The average molecular weight is 363 g/mol. The first-order valence-electron chi connectivity index (χ1n) is 8.88. The van der Waals surface area contributed by atoms with Crippen molar-refractivity contribution in [1.29, 1.82) is 0 Å². The Kier molecular flexibility index (Phi) is 4.68. The fraction of sp³-hybridized carbons (Fsp3) is 0.273. The highest BCUT2D eigenvalue weighted by atomic mass is 32.2. The lowest BCUT2D eigenvalue weighted by Crippen LogP contribution is -2.03. The summed E-state index contributed by atoms with van der Waals surface area (Å²) >= 11 is 1.74. The van der Waals surface area contributed by atoms with Gasteiger partial charge in [-0.2, -0.15) is 0 Å². The molecule has 4 rings (SSSR count). The Morgan fingerprint density at radius 1 is 1.19 bits per heavy atom. The molecule has 0 N–H and O–H groups in total. The van der Waals surface area contributed by atoms with Crippen LogP contribution in [0.25, 0.3) is 11.3 Å². The van der Waals surface area contributed by atoms with Gasteiger partial charge in [0.05, 0.1) is 11.8 Å². The van der Waals surface area contributed by atoms with Crippen LogP contribution in [0.2, 0.25) is 0 Å². The standard InChI is InChI=1S/C22H21NO2S/c1-14-18(12-15-6-4-3-5-7-15)17(10-11-20(14)26-2)22-19(13-23-25-22)21(24)16-8-9-16/h3-7,10-11,13,16H,8-9,12H2,1-2H3. The summed E-state index contributed by atoms with van der Waals surface area (Å²) in [5.41, 5.74) is 5.28. The van der Waals surface area contributed by atoms with Crippen LogP contribution in [0.1, 0.15) is 39.9 Å². The minimum Gasteiger partial charge on any atom is -0.356 e. The molecule has 4 heteroatoms. The van der Waals surface area contributed by atoms with Crippen LogP contribution < -0.4 is 0 Å². The van der Waals surface area contributed by atoms with Crippen LogP contribution in [-0.2, 0) is 6.42 Å². The van der Waals surface area contributed by atoms with Crippen LogP contribution in [0, 0.1) is 12.8 Å². The molecular weight excluding hydrogens is 342 g/mol. The maximum Gasteiger partial charge on any atom is 0.177 e. The third-order valence-corrected chi connectivity index (χ3v) is 5.90. The molecule has 132 valence electrons. The lowest BCUT2D eigenvalue weighted by molar-refractivity contribution is 0.0968. The minimum atomic E-state index is 0.150. The van der Waals surface area contributed by atoms with Gasteiger partial charge in [0.15, 0.2) is 11.5 Å². The van der Waals surface area contributed by atoms with Gasteiger partial charge in [0.25, 0.3) is 0 Å². The highest BCUT2D eigenvalue weighted by Crippen LogP contribution is 2.39. The number of carbonyl (C=O) groups is 1. The Morgan fingerprint density at radius 2 is 1.96 bits per heavy atom. The van der Waals surface area contributed by atoms with E-state index in [0.29, 0.717) is 11.3 Å². The quantitative estimate of drug-likeness (QED) is 0.425. The van der Waals surface area contributed by atoms with Crippen molar-refractivity contribution in [3.8, 4) is 11.3 Å². The maximum atomic E-state index is 12.6.